The van der Waals surface area contributed by atoms with E-state index in [2.05, 4.69) is 30.4 Å². The summed E-state index contributed by atoms with van der Waals surface area (Å²) < 4.78 is 0. The van der Waals surface area contributed by atoms with Gasteiger partial charge in [0.25, 0.3) is 0 Å². The highest BCUT2D eigenvalue weighted by Gasteiger charge is 2.30. The summed E-state index contributed by atoms with van der Waals surface area (Å²) >= 11 is 0. The van der Waals surface area contributed by atoms with Crippen molar-refractivity contribution in [3.05, 3.63) is 41.0 Å². The lowest BCUT2D eigenvalue weighted by Gasteiger charge is -2.25. The van der Waals surface area contributed by atoms with E-state index in [9.17, 15) is 4.79 Å². The van der Waals surface area contributed by atoms with Gasteiger partial charge in [-0.2, -0.15) is 0 Å². The van der Waals surface area contributed by atoms with Crippen molar-refractivity contribution in [2.24, 2.45) is 11.1 Å². The number of benzene rings is 1. The van der Waals surface area contributed by atoms with Crippen LogP contribution in [0.15, 0.2) is 24.3 Å². The third kappa shape index (κ3) is 3.18. The van der Waals surface area contributed by atoms with Crippen LogP contribution in [0.1, 0.15) is 50.3 Å². The van der Waals surface area contributed by atoms with Gasteiger partial charge >= 0.3 is 0 Å². The van der Waals surface area contributed by atoms with Crippen LogP contribution in [0.25, 0.3) is 6.08 Å². The number of fused-ring (bicyclic) bond motifs is 1. The predicted octanol–water partition coefficient (Wildman–Crippen LogP) is 3.52. The molecule has 0 aromatic heterocycles. The van der Waals surface area contributed by atoms with Gasteiger partial charge in [-0.15, -0.1) is 0 Å². The first kappa shape index (κ1) is 15.0. The molecule has 1 aromatic carbocycles. The molecule has 0 bridgehead atoms. The van der Waals surface area contributed by atoms with E-state index in [1.807, 2.05) is 20.8 Å². The lowest BCUT2D eigenvalue weighted by molar-refractivity contribution is -0.128. The maximum absolute atomic E-state index is 12.3. The maximum Gasteiger partial charge on any atom is 0.155 e. The molecule has 2 rings (SSSR count). The van der Waals surface area contributed by atoms with Crippen molar-refractivity contribution in [1.82, 2.24) is 0 Å². The topological polar surface area (TPSA) is 43.1 Å². The molecule has 108 valence electrons. The van der Waals surface area contributed by atoms with Crippen LogP contribution in [0.4, 0.5) is 0 Å². The molecule has 1 aromatic rings. The second kappa shape index (κ2) is 5.92. The molecule has 2 nitrogen and oxygen atoms in total. The van der Waals surface area contributed by atoms with E-state index < -0.39 is 6.04 Å². The van der Waals surface area contributed by atoms with Gasteiger partial charge in [-0.05, 0) is 42.4 Å². The fraction of sp³-hybridized carbons (Fsp3) is 0.500. The zero-order valence-electron chi connectivity index (χ0n) is 12.8. The van der Waals surface area contributed by atoms with Crippen molar-refractivity contribution in [2.45, 2.75) is 52.5 Å². The van der Waals surface area contributed by atoms with Gasteiger partial charge in [-0.3, -0.25) is 4.79 Å². The molecule has 0 aliphatic heterocycles. The van der Waals surface area contributed by atoms with Gasteiger partial charge in [0, 0.05) is 5.41 Å². The van der Waals surface area contributed by atoms with Gasteiger partial charge in [0.15, 0.2) is 5.78 Å². The number of carbonyl (C=O) groups excluding carboxylic acids is 1. The number of allylic oxidation sites excluding steroid dienone is 1. The molecule has 1 atom stereocenters. The minimum absolute atomic E-state index is 0.160. The highest BCUT2D eigenvalue weighted by Crippen LogP contribution is 2.25. The smallest absolute Gasteiger partial charge is 0.155 e. The van der Waals surface area contributed by atoms with Crippen LogP contribution in [0.2, 0.25) is 0 Å². The van der Waals surface area contributed by atoms with Gasteiger partial charge in [0.1, 0.15) is 0 Å². The Kier molecular flexibility index (Phi) is 4.44. The van der Waals surface area contributed by atoms with Crippen LogP contribution in [0.5, 0.6) is 0 Å². The summed E-state index contributed by atoms with van der Waals surface area (Å²) in [6.45, 7) is 5.99. The molecule has 1 aliphatic rings. The highest BCUT2D eigenvalue weighted by atomic mass is 16.1. The lowest BCUT2D eigenvalue weighted by Crippen LogP contribution is -2.41. The molecule has 0 radical (unpaired) electrons. The van der Waals surface area contributed by atoms with Crippen molar-refractivity contribution >= 4 is 11.9 Å². The van der Waals surface area contributed by atoms with Crippen LogP contribution in [0, 0.1) is 5.41 Å². The Labute approximate surface area is 122 Å². The Hall–Kier alpha value is -1.41. The lowest BCUT2D eigenvalue weighted by atomic mass is 9.80. The molecule has 1 unspecified atom stereocenters. The number of carbonyl (C=O) groups is 1. The normalized spacial score (nSPS) is 15.8. The van der Waals surface area contributed by atoms with Crippen molar-refractivity contribution in [3.8, 4) is 0 Å². The summed E-state index contributed by atoms with van der Waals surface area (Å²) in [6, 6.07) is 6.06. The van der Waals surface area contributed by atoms with Gasteiger partial charge in [0.2, 0.25) is 0 Å². The molecule has 20 heavy (non-hydrogen) atoms. The van der Waals surface area contributed by atoms with Crippen LogP contribution >= 0.6 is 0 Å². The summed E-state index contributed by atoms with van der Waals surface area (Å²) in [5.74, 6) is 0.160. The van der Waals surface area contributed by atoms with E-state index in [0.717, 1.165) is 24.8 Å². The molecule has 0 amide bonds. The number of rotatable bonds is 5. The minimum atomic E-state index is -0.407. The summed E-state index contributed by atoms with van der Waals surface area (Å²) in [5.41, 5.74) is 9.62. The average Bonchev–Trinajstić information content (AvgIpc) is 2.46. The van der Waals surface area contributed by atoms with Crippen LogP contribution in [-0.4, -0.2) is 11.8 Å². The predicted molar refractivity (Wildman–Crippen MR) is 84.6 cm³/mol. The van der Waals surface area contributed by atoms with E-state index in [-0.39, 0.29) is 11.2 Å². The average molecular weight is 271 g/mol. The van der Waals surface area contributed by atoms with Gasteiger partial charge in [0.05, 0.1) is 6.04 Å². The molecule has 2 N–H and O–H groups in total. The Morgan fingerprint density at radius 2 is 2.15 bits per heavy atom. The molecular weight excluding hydrogens is 246 g/mol. The van der Waals surface area contributed by atoms with E-state index in [1.54, 1.807) is 0 Å². The quantitative estimate of drug-likeness (QED) is 0.890. The molecule has 0 fully saturated rings. The number of Topliss-reactive ketones (excluding diaryl/α,β-unsaturated/α-hetero) is 1. The summed E-state index contributed by atoms with van der Waals surface area (Å²) in [5, 5.41) is 0. The monoisotopic (exact) mass is 271 g/mol. The second-order valence-corrected chi connectivity index (χ2v) is 6.39. The molecule has 0 heterocycles. The Morgan fingerprint density at radius 3 is 2.85 bits per heavy atom. The Morgan fingerprint density at radius 1 is 1.40 bits per heavy atom. The SMILES string of the molecule is CCC(C)(C)C(=O)C(N)Cc1ccc2c(c1)C=CCC2. The largest absolute Gasteiger partial charge is 0.321 e. The number of hydrogen-bond acceptors (Lipinski definition) is 2. The molecule has 1 aliphatic carbocycles. The fourth-order valence-corrected chi connectivity index (χ4v) is 2.63. The van der Waals surface area contributed by atoms with Crippen molar-refractivity contribution in [2.75, 3.05) is 0 Å². The molecular formula is C18H25NO. The molecule has 0 spiro atoms. The van der Waals surface area contributed by atoms with Crippen molar-refractivity contribution < 1.29 is 4.79 Å². The van der Waals surface area contributed by atoms with Crippen LogP contribution in [0.3, 0.4) is 0 Å². The fourth-order valence-electron chi connectivity index (χ4n) is 2.63. The van der Waals surface area contributed by atoms with E-state index in [0.29, 0.717) is 6.42 Å². The molecule has 2 heteroatoms. The van der Waals surface area contributed by atoms with E-state index >= 15 is 0 Å². The minimum Gasteiger partial charge on any atom is -0.321 e. The van der Waals surface area contributed by atoms with Crippen LogP contribution < -0.4 is 5.73 Å². The summed E-state index contributed by atoms with van der Waals surface area (Å²) in [7, 11) is 0. The summed E-state index contributed by atoms with van der Waals surface area (Å²) in [4.78, 5) is 12.3. The third-order valence-corrected chi connectivity index (χ3v) is 4.43. The number of ketones is 1. The first-order chi connectivity index (χ1) is 9.44. The third-order valence-electron chi connectivity index (χ3n) is 4.43. The second-order valence-electron chi connectivity index (χ2n) is 6.39. The maximum atomic E-state index is 12.3. The highest BCUT2D eigenvalue weighted by molar-refractivity contribution is 5.89. The summed E-state index contributed by atoms with van der Waals surface area (Å²) in [6.07, 6.45) is 8.06. The number of aryl methyl sites for hydroxylation is 1. The Balaban J connectivity index is 2.11. The van der Waals surface area contributed by atoms with Gasteiger partial charge in [-0.25, -0.2) is 0 Å². The van der Waals surface area contributed by atoms with Crippen molar-refractivity contribution in [1.29, 1.82) is 0 Å². The Bertz CT molecular complexity index is 528. The number of nitrogens with two attached hydrogens (primary N) is 1. The van der Waals surface area contributed by atoms with E-state index in [1.165, 1.54) is 11.1 Å². The van der Waals surface area contributed by atoms with Crippen molar-refractivity contribution in [3.63, 3.8) is 0 Å². The van der Waals surface area contributed by atoms with Gasteiger partial charge in [-0.1, -0.05) is 51.1 Å². The molecule has 0 saturated heterocycles. The van der Waals surface area contributed by atoms with E-state index in [4.69, 9.17) is 5.73 Å². The first-order valence-corrected chi connectivity index (χ1v) is 7.52. The van der Waals surface area contributed by atoms with Crippen LogP contribution in [-0.2, 0) is 17.6 Å². The standard InChI is InChI=1S/C18H25NO/c1-4-18(2,3)17(20)16(19)12-13-9-10-14-7-5-6-8-15(14)11-13/h6,8-11,16H,4-5,7,12,19H2,1-3H3. The zero-order valence-corrected chi connectivity index (χ0v) is 12.8. The number of hydrogen-bond donors (Lipinski definition) is 1. The first-order valence-electron chi connectivity index (χ1n) is 7.52. The van der Waals surface area contributed by atoms with Gasteiger partial charge < -0.3 is 5.73 Å². The zero-order chi connectivity index (χ0) is 14.8. The molecule has 0 saturated carbocycles.